The van der Waals surface area contributed by atoms with Crippen LogP contribution in [0, 0.1) is 6.92 Å². The highest BCUT2D eigenvalue weighted by Gasteiger charge is 2.30. The number of rotatable bonds is 4. The third-order valence-corrected chi connectivity index (χ3v) is 5.07. The second-order valence-electron chi connectivity index (χ2n) is 7.14. The number of nitrogens with zero attached hydrogens (tertiary/aromatic N) is 5. The first-order chi connectivity index (χ1) is 15.0. The van der Waals surface area contributed by atoms with Gasteiger partial charge in [0.25, 0.3) is 5.56 Å². The van der Waals surface area contributed by atoms with Gasteiger partial charge in [0.05, 0.1) is 12.2 Å². The molecule has 0 bridgehead atoms. The Morgan fingerprint density at radius 1 is 1.16 bits per heavy atom. The van der Waals surface area contributed by atoms with Crippen molar-refractivity contribution in [1.29, 1.82) is 0 Å². The van der Waals surface area contributed by atoms with Crippen LogP contribution in [-0.4, -0.2) is 35.7 Å². The van der Waals surface area contributed by atoms with E-state index in [1.165, 1.54) is 23.6 Å². The van der Waals surface area contributed by atoms with E-state index < -0.39 is 35.5 Å². The summed E-state index contributed by atoms with van der Waals surface area (Å²) >= 11 is 0. The molecule has 0 unspecified atom stereocenters. The van der Waals surface area contributed by atoms with Crippen molar-refractivity contribution >= 4 is 22.9 Å². The molecule has 0 aliphatic rings. The van der Waals surface area contributed by atoms with Crippen LogP contribution >= 0.6 is 0 Å². The number of aromatic nitrogens is 5. The Bertz CT molecular complexity index is 1470. The third-order valence-electron chi connectivity index (χ3n) is 5.07. The van der Waals surface area contributed by atoms with Crippen molar-refractivity contribution in [3.63, 3.8) is 0 Å². The number of imidazole rings is 2. The van der Waals surface area contributed by atoms with Crippen LogP contribution in [0.3, 0.4) is 0 Å². The maximum absolute atomic E-state index is 13.1. The summed E-state index contributed by atoms with van der Waals surface area (Å²) in [5.41, 5.74) is -1.13. The summed E-state index contributed by atoms with van der Waals surface area (Å²) in [6, 6.07) is 4.51. The van der Waals surface area contributed by atoms with Crippen molar-refractivity contribution in [3.05, 3.63) is 62.6 Å². The number of fused-ring (bicyclic) bond motifs is 3. The molecule has 4 aromatic rings. The van der Waals surface area contributed by atoms with E-state index in [9.17, 15) is 27.6 Å². The van der Waals surface area contributed by atoms with Gasteiger partial charge in [-0.3, -0.25) is 23.1 Å². The molecule has 0 amide bonds. The Morgan fingerprint density at radius 3 is 2.41 bits per heavy atom. The maximum Gasteiger partial charge on any atom is 0.416 e. The van der Waals surface area contributed by atoms with Gasteiger partial charge in [-0.15, -0.1) is 0 Å². The van der Waals surface area contributed by atoms with Crippen molar-refractivity contribution in [2.45, 2.75) is 26.6 Å². The number of hydrogen-bond acceptors (Lipinski definition) is 5. The zero-order chi connectivity index (χ0) is 23.4. The molecule has 0 aliphatic carbocycles. The van der Waals surface area contributed by atoms with Crippen LogP contribution in [0.5, 0.6) is 0 Å². The van der Waals surface area contributed by atoms with Gasteiger partial charge in [-0.2, -0.15) is 18.2 Å². The Kier molecular flexibility index (Phi) is 4.94. The molecule has 0 atom stereocenters. The monoisotopic (exact) mass is 449 g/mol. The van der Waals surface area contributed by atoms with Crippen molar-refractivity contribution in [3.8, 4) is 5.69 Å². The lowest BCUT2D eigenvalue weighted by molar-refractivity contribution is -0.144. The SMILES string of the molecule is CCOC(=O)Cn1c(=O)c2c(nc3n(-c4ccc(C(F)(F)F)cc4)c(C)cn23)n(C)c1=O. The first-order valence-electron chi connectivity index (χ1n) is 9.57. The first-order valence-corrected chi connectivity index (χ1v) is 9.57. The minimum atomic E-state index is -4.47. The molecule has 0 aliphatic heterocycles. The summed E-state index contributed by atoms with van der Waals surface area (Å²) in [5.74, 6) is -0.497. The van der Waals surface area contributed by atoms with Crippen LogP contribution in [0.4, 0.5) is 13.2 Å². The molecular formula is C20H18F3N5O4. The molecule has 1 aromatic carbocycles. The van der Waals surface area contributed by atoms with E-state index in [0.29, 0.717) is 11.4 Å². The quantitative estimate of drug-likeness (QED) is 0.445. The van der Waals surface area contributed by atoms with Gasteiger partial charge >= 0.3 is 17.8 Å². The van der Waals surface area contributed by atoms with Gasteiger partial charge in [-0.1, -0.05) is 0 Å². The summed E-state index contributed by atoms with van der Waals surface area (Å²) in [5, 5.41) is 0. The molecule has 0 saturated heterocycles. The van der Waals surface area contributed by atoms with E-state index in [1.807, 2.05) is 0 Å². The highest BCUT2D eigenvalue weighted by atomic mass is 19.4. The van der Waals surface area contributed by atoms with Crippen molar-refractivity contribution < 1.29 is 22.7 Å². The van der Waals surface area contributed by atoms with E-state index in [-0.39, 0.29) is 23.5 Å². The van der Waals surface area contributed by atoms with Crippen LogP contribution in [0.1, 0.15) is 18.2 Å². The standard InChI is InChI=1S/C20H18F3N5O4/c1-4-32-14(29)10-27-17(30)15-16(25(3)19(27)31)24-18-26(15)9-11(2)28(18)13-7-5-12(6-8-13)20(21,22)23/h5-9H,4,10H2,1-3H3. The molecule has 12 heteroatoms. The van der Waals surface area contributed by atoms with Gasteiger partial charge in [0.15, 0.2) is 11.2 Å². The number of alkyl halides is 3. The summed E-state index contributed by atoms with van der Waals surface area (Å²) in [6.07, 6.45) is -2.88. The highest BCUT2D eigenvalue weighted by Crippen LogP contribution is 2.30. The Labute approximate surface area is 177 Å². The lowest BCUT2D eigenvalue weighted by atomic mass is 10.2. The van der Waals surface area contributed by atoms with Crippen LogP contribution < -0.4 is 11.2 Å². The van der Waals surface area contributed by atoms with Crippen molar-refractivity contribution in [2.75, 3.05) is 6.61 Å². The summed E-state index contributed by atoms with van der Waals surface area (Å²) in [7, 11) is 1.41. The number of esters is 1. The zero-order valence-corrected chi connectivity index (χ0v) is 17.3. The molecular weight excluding hydrogens is 431 g/mol. The molecule has 0 spiro atoms. The van der Waals surface area contributed by atoms with Crippen molar-refractivity contribution in [1.82, 2.24) is 23.1 Å². The second kappa shape index (κ2) is 7.39. The normalized spacial score (nSPS) is 12.1. The lowest BCUT2D eigenvalue weighted by Crippen LogP contribution is -2.41. The summed E-state index contributed by atoms with van der Waals surface area (Å²) in [6.45, 7) is 2.86. The summed E-state index contributed by atoms with van der Waals surface area (Å²) < 4.78 is 48.5. The zero-order valence-electron chi connectivity index (χ0n) is 17.3. The van der Waals surface area contributed by atoms with E-state index in [1.54, 1.807) is 24.6 Å². The largest absolute Gasteiger partial charge is 0.465 e. The van der Waals surface area contributed by atoms with Crippen LogP contribution in [-0.2, 0) is 29.3 Å². The smallest absolute Gasteiger partial charge is 0.416 e. The predicted molar refractivity (Wildman–Crippen MR) is 108 cm³/mol. The minimum absolute atomic E-state index is 0.0557. The van der Waals surface area contributed by atoms with Crippen LogP contribution in [0.15, 0.2) is 40.1 Å². The van der Waals surface area contributed by atoms with Gasteiger partial charge < -0.3 is 4.74 Å². The molecule has 9 nitrogen and oxygen atoms in total. The molecule has 3 aromatic heterocycles. The minimum Gasteiger partial charge on any atom is -0.465 e. The highest BCUT2D eigenvalue weighted by molar-refractivity contribution is 5.77. The van der Waals surface area contributed by atoms with E-state index in [0.717, 1.165) is 21.3 Å². The number of carbonyl (C=O) groups excluding carboxylic acids is 1. The average molecular weight is 449 g/mol. The number of benzene rings is 1. The van der Waals surface area contributed by atoms with Gasteiger partial charge in [0, 0.05) is 24.6 Å². The molecule has 168 valence electrons. The first kappa shape index (κ1) is 21.4. The van der Waals surface area contributed by atoms with Gasteiger partial charge in [-0.25, -0.2) is 9.36 Å². The van der Waals surface area contributed by atoms with Crippen LogP contribution in [0.2, 0.25) is 0 Å². The van der Waals surface area contributed by atoms with Crippen LogP contribution in [0.25, 0.3) is 22.6 Å². The fraction of sp³-hybridized carbons (Fsp3) is 0.300. The van der Waals surface area contributed by atoms with Gasteiger partial charge in [-0.05, 0) is 38.1 Å². The number of aryl methyl sites for hydroxylation is 2. The van der Waals surface area contributed by atoms with E-state index in [4.69, 9.17) is 4.74 Å². The summed E-state index contributed by atoms with van der Waals surface area (Å²) in [4.78, 5) is 42.0. The molecule has 32 heavy (non-hydrogen) atoms. The molecule has 0 radical (unpaired) electrons. The number of halogens is 3. The fourth-order valence-electron chi connectivity index (χ4n) is 3.60. The molecule has 0 N–H and O–H groups in total. The Balaban J connectivity index is 1.95. The average Bonchev–Trinajstić information content (AvgIpc) is 3.24. The van der Waals surface area contributed by atoms with E-state index in [2.05, 4.69) is 4.98 Å². The molecule has 0 fully saturated rings. The second-order valence-corrected chi connectivity index (χ2v) is 7.14. The third kappa shape index (κ3) is 3.27. The number of ether oxygens (including phenoxy) is 1. The molecule has 4 rings (SSSR count). The van der Waals surface area contributed by atoms with Crippen molar-refractivity contribution in [2.24, 2.45) is 7.05 Å². The Morgan fingerprint density at radius 2 is 1.81 bits per heavy atom. The fourth-order valence-corrected chi connectivity index (χ4v) is 3.60. The number of carbonyl (C=O) groups is 1. The maximum atomic E-state index is 13.1. The topological polar surface area (TPSA) is 92.5 Å². The van der Waals surface area contributed by atoms with Gasteiger partial charge in [0.2, 0.25) is 5.78 Å². The van der Waals surface area contributed by atoms with Gasteiger partial charge in [0.1, 0.15) is 6.54 Å². The molecule has 0 saturated carbocycles. The number of hydrogen-bond donors (Lipinski definition) is 0. The van der Waals surface area contributed by atoms with E-state index >= 15 is 0 Å². The lowest BCUT2D eigenvalue weighted by Gasteiger charge is -2.09. The molecule has 3 heterocycles. The predicted octanol–water partition coefficient (Wildman–Crippen LogP) is 2.03. The Hall–Kier alpha value is -3.83.